The highest BCUT2D eigenvalue weighted by Gasteiger charge is 2.30. The van der Waals surface area contributed by atoms with E-state index in [9.17, 15) is 9.59 Å². The van der Waals surface area contributed by atoms with Gasteiger partial charge in [-0.3, -0.25) is 0 Å². The monoisotopic (exact) mass is 297 g/mol. The number of aromatic carboxylic acids is 1. The minimum Gasteiger partial charge on any atom is -0.477 e. The van der Waals surface area contributed by atoms with Crippen LogP contribution in [0.4, 0.5) is 4.79 Å². The molecule has 2 amide bonds. The molecule has 0 spiro atoms. The van der Waals surface area contributed by atoms with Gasteiger partial charge in [-0.15, -0.1) is 11.3 Å². The Kier molecular flexibility index (Phi) is 4.27. The van der Waals surface area contributed by atoms with E-state index in [0.717, 1.165) is 37.0 Å². The minimum atomic E-state index is -0.978. The van der Waals surface area contributed by atoms with E-state index < -0.39 is 5.97 Å². The molecular weight excluding hydrogens is 278 g/mol. The molecule has 1 heterocycles. The smallest absolute Gasteiger partial charge is 0.347 e. The summed E-state index contributed by atoms with van der Waals surface area (Å²) in [6, 6.07) is -0.223. The van der Waals surface area contributed by atoms with Crippen LogP contribution >= 0.6 is 11.3 Å². The molecule has 1 saturated carbocycles. The zero-order valence-corrected chi connectivity index (χ0v) is 12.5. The van der Waals surface area contributed by atoms with Gasteiger partial charge >= 0.3 is 12.0 Å². The summed E-state index contributed by atoms with van der Waals surface area (Å²) in [5.74, 6) is -0.978. The summed E-state index contributed by atoms with van der Waals surface area (Å²) < 4.78 is 0. The van der Waals surface area contributed by atoms with E-state index in [0.29, 0.717) is 10.7 Å². The SMILES string of the molecule is Cc1nc(CNC(=O)NC2(C)CCCC2)sc1C(=O)O. The third-order valence-electron chi connectivity index (χ3n) is 3.56. The summed E-state index contributed by atoms with van der Waals surface area (Å²) >= 11 is 1.10. The Labute approximate surface area is 121 Å². The fourth-order valence-electron chi connectivity index (χ4n) is 2.48. The van der Waals surface area contributed by atoms with Crippen molar-refractivity contribution in [2.75, 3.05) is 0 Å². The first kappa shape index (κ1) is 14.8. The summed E-state index contributed by atoms with van der Waals surface area (Å²) in [6.07, 6.45) is 4.29. The second-order valence-electron chi connectivity index (χ2n) is 5.40. The van der Waals surface area contributed by atoms with Gasteiger partial charge in [-0.1, -0.05) is 12.8 Å². The summed E-state index contributed by atoms with van der Waals surface area (Å²) in [4.78, 5) is 27.1. The largest absolute Gasteiger partial charge is 0.477 e. The van der Waals surface area contributed by atoms with E-state index in [1.165, 1.54) is 0 Å². The molecule has 1 aliphatic carbocycles. The summed E-state index contributed by atoms with van der Waals surface area (Å²) in [6.45, 7) is 3.96. The van der Waals surface area contributed by atoms with Gasteiger partial charge in [-0.2, -0.15) is 0 Å². The van der Waals surface area contributed by atoms with Gasteiger partial charge in [0.1, 0.15) is 9.88 Å². The predicted molar refractivity (Wildman–Crippen MR) is 76.1 cm³/mol. The molecule has 1 aliphatic rings. The van der Waals surface area contributed by atoms with E-state index in [1.54, 1.807) is 6.92 Å². The second kappa shape index (κ2) is 5.78. The van der Waals surface area contributed by atoms with Crippen LogP contribution in [0.2, 0.25) is 0 Å². The summed E-state index contributed by atoms with van der Waals surface area (Å²) in [7, 11) is 0. The highest BCUT2D eigenvalue weighted by Crippen LogP contribution is 2.28. The van der Waals surface area contributed by atoms with Crippen molar-refractivity contribution >= 4 is 23.3 Å². The number of aromatic nitrogens is 1. The molecule has 3 N–H and O–H groups in total. The first-order valence-corrected chi connectivity index (χ1v) is 7.47. The van der Waals surface area contributed by atoms with Crippen LogP contribution in [-0.4, -0.2) is 27.6 Å². The molecule has 0 aromatic carbocycles. The van der Waals surface area contributed by atoms with E-state index in [-0.39, 0.29) is 23.0 Å². The van der Waals surface area contributed by atoms with Crippen LogP contribution in [0.5, 0.6) is 0 Å². The molecule has 2 rings (SSSR count). The molecular formula is C13H19N3O3S. The third kappa shape index (κ3) is 3.47. The molecule has 7 heteroatoms. The number of hydrogen-bond acceptors (Lipinski definition) is 4. The first-order valence-electron chi connectivity index (χ1n) is 6.65. The van der Waals surface area contributed by atoms with Crippen molar-refractivity contribution in [2.45, 2.75) is 51.6 Å². The van der Waals surface area contributed by atoms with Crippen LogP contribution in [0.1, 0.15) is 53.0 Å². The fourth-order valence-corrected chi connectivity index (χ4v) is 3.32. The molecule has 0 bridgehead atoms. The first-order chi connectivity index (χ1) is 9.39. The van der Waals surface area contributed by atoms with Gasteiger partial charge in [-0.25, -0.2) is 14.6 Å². The Balaban J connectivity index is 1.87. The van der Waals surface area contributed by atoms with Gasteiger partial charge in [0.25, 0.3) is 0 Å². The summed E-state index contributed by atoms with van der Waals surface area (Å²) in [5, 5.41) is 15.3. The average Bonchev–Trinajstić information content (AvgIpc) is 2.93. The van der Waals surface area contributed by atoms with Gasteiger partial charge in [0.2, 0.25) is 0 Å². The lowest BCUT2D eigenvalue weighted by Gasteiger charge is -2.25. The van der Waals surface area contributed by atoms with Gasteiger partial charge < -0.3 is 15.7 Å². The number of nitrogens with one attached hydrogen (secondary N) is 2. The Hall–Kier alpha value is -1.63. The van der Waals surface area contributed by atoms with Crippen LogP contribution in [-0.2, 0) is 6.54 Å². The molecule has 0 unspecified atom stereocenters. The number of hydrogen-bond donors (Lipinski definition) is 3. The normalized spacial score (nSPS) is 16.9. The van der Waals surface area contributed by atoms with Crippen LogP contribution < -0.4 is 10.6 Å². The lowest BCUT2D eigenvalue weighted by molar-refractivity contribution is 0.0701. The summed E-state index contributed by atoms with van der Waals surface area (Å²) in [5.41, 5.74) is 0.372. The van der Waals surface area contributed by atoms with Gasteiger partial charge in [0.05, 0.1) is 12.2 Å². The number of carbonyl (C=O) groups excluding carboxylic acids is 1. The quantitative estimate of drug-likeness (QED) is 0.795. The number of aryl methyl sites for hydroxylation is 1. The highest BCUT2D eigenvalue weighted by atomic mass is 32.1. The molecule has 110 valence electrons. The Morgan fingerprint density at radius 2 is 2.05 bits per heavy atom. The molecule has 6 nitrogen and oxygen atoms in total. The Bertz CT molecular complexity index is 521. The van der Waals surface area contributed by atoms with Gasteiger partial charge in [-0.05, 0) is 26.7 Å². The number of rotatable bonds is 4. The number of carboxylic acid groups (broad SMARTS) is 1. The van der Waals surface area contributed by atoms with E-state index in [4.69, 9.17) is 5.11 Å². The molecule has 0 radical (unpaired) electrons. The van der Waals surface area contributed by atoms with E-state index in [2.05, 4.69) is 22.5 Å². The maximum absolute atomic E-state index is 11.8. The Morgan fingerprint density at radius 3 is 2.60 bits per heavy atom. The molecule has 1 fully saturated rings. The van der Waals surface area contributed by atoms with Gasteiger partial charge in [0, 0.05) is 5.54 Å². The van der Waals surface area contributed by atoms with Crippen LogP contribution in [0.3, 0.4) is 0 Å². The number of thiazole rings is 1. The predicted octanol–water partition coefficient (Wildman–Crippen LogP) is 2.28. The minimum absolute atomic E-state index is 0.116. The number of nitrogens with zero attached hydrogens (tertiary/aromatic N) is 1. The number of carboxylic acids is 1. The van der Waals surface area contributed by atoms with Crippen molar-refractivity contribution < 1.29 is 14.7 Å². The molecule has 0 aliphatic heterocycles. The molecule has 0 saturated heterocycles. The van der Waals surface area contributed by atoms with E-state index >= 15 is 0 Å². The fraction of sp³-hybridized carbons (Fsp3) is 0.615. The lowest BCUT2D eigenvalue weighted by Crippen LogP contribution is -2.48. The van der Waals surface area contributed by atoms with Crippen LogP contribution in [0.15, 0.2) is 0 Å². The molecule has 1 aromatic heterocycles. The number of urea groups is 1. The van der Waals surface area contributed by atoms with Gasteiger partial charge in [0.15, 0.2) is 0 Å². The maximum atomic E-state index is 11.8. The van der Waals surface area contributed by atoms with Crippen molar-refractivity contribution in [3.8, 4) is 0 Å². The van der Waals surface area contributed by atoms with Crippen LogP contribution in [0, 0.1) is 6.92 Å². The van der Waals surface area contributed by atoms with Crippen LogP contribution in [0.25, 0.3) is 0 Å². The topological polar surface area (TPSA) is 91.3 Å². The van der Waals surface area contributed by atoms with E-state index in [1.807, 2.05) is 0 Å². The van der Waals surface area contributed by atoms with Crippen molar-refractivity contribution in [3.63, 3.8) is 0 Å². The molecule has 1 aromatic rings. The lowest BCUT2D eigenvalue weighted by atomic mass is 10.0. The second-order valence-corrected chi connectivity index (χ2v) is 6.49. The van der Waals surface area contributed by atoms with Crippen molar-refractivity contribution in [1.29, 1.82) is 0 Å². The maximum Gasteiger partial charge on any atom is 0.347 e. The third-order valence-corrected chi connectivity index (χ3v) is 4.70. The average molecular weight is 297 g/mol. The van der Waals surface area contributed by atoms with Crippen molar-refractivity contribution in [2.24, 2.45) is 0 Å². The highest BCUT2D eigenvalue weighted by molar-refractivity contribution is 7.13. The number of amides is 2. The standard InChI is InChI=1S/C13H19N3O3S/c1-8-10(11(17)18)20-9(15-8)7-14-12(19)16-13(2)5-3-4-6-13/h3-7H2,1-2H3,(H,17,18)(H2,14,16,19). The zero-order chi connectivity index (χ0) is 14.8. The Morgan fingerprint density at radius 1 is 1.40 bits per heavy atom. The van der Waals surface area contributed by atoms with Crippen molar-refractivity contribution in [1.82, 2.24) is 15.6 Å². The number of carbonyl (C=O) groups is 2. The van der Waals surface area contributed by atoms with Crippen molar-refractivity contribution in [3.05, 3.63) is 15.6 Å². The molecule has 20 heavy (non-hydrogen) atoms. The molecule has 0 atom stereocenters. The zero-order valence-electron chi connectivity index (χ0n) is 11.7.